The first-order chi connectivity index (χ1) is 20.5. The summed E-state index contributed by atoms with van der Waals surface area (Å²) in [4.78, 5) is 21.5. The second-order valence-electron chi connectivity index (χ2n) is 11.7. The van der Waals surface area contributed by atoms with Crippen molar-refractivity contribution < 1.29 is 31.1 Å². The SMILES string of the molecule is COc1ccc(C2CCCCC2)cc1-c1csc(NC(=O)N2CCN(CC3CCCCN3S(=O)(=O)CC(F)(F)F)CC2)n1. The molecule has 3 heterocycles. The van der Waals surface area contributed by atoms with Crippen molar-refractivity contribution in [1.29, 1.82) is 0 Å². The number of halogens is 3. The number of nitrogens with zero attached hydrogens (tertiary/aromatic N) is 4. The Morgan fingerprint density at radius 1 is 1.05 bits per heavy atom. The maximum Gasteiger partial charge on any atom is 0.404 e. The summed E-state index contributed by atoms with van der Waals surface area (Å²) >= 11 is 1.35. The first kappa shape index (κ1) is 32.0. The number of rotatable bonds is 8. The van der Waals surface area contributed by atoms with Gasteiger partial charge in [0.05, 0.1) is 12.8 Å². The molecule has 2 aliphatic heterocycles. The van der Waals surface area contributed by atoms with Crippen molar-refractivity contribution in [3.63, 3.8) is 0 Å². The number of carbonyl (C=O) groups excluding carboxylic acids is 1. The third kappa shape index (κ3) is 8.20. The molecule has 1 aliphatic carbocycles. The van der Waals surface area contributed by atoms with Crippen LogP contribution in [0.25, 0.3) is 11.3 Å². The van der Waals surface area contributed by atoms with Crippen LogP contribution >= 0.6 is 11.3 Å². The number of carbonyl (C=O) groups is 1. The van der Waals surface area contributed by atoms with Crippen LogP contribution in [0.3, 0.4) is 0 Å². The summed E-state index contributed by atoms with van der Waals surface area (Å²) in [5, 5.41) is 5.30. The minimum absolute atomic E-state index is 0.109. The lowest BCUT2D eigenvalue weighted by atomic mass is 9.83. The van der Waals surface area contributed by atoms with E-state index >= 15 is 0 Å². The van der Waals surface area contributed by atoms with E-state index in [-0.39, 0.29) is 12.6 Å². The molecular formula is C29H40F3N5O4S2. The van der Waals surface area contributed by atoms with Gasteiger partial charge in [-0.3, -0.25) is 10.2 Å². The average molecular weight is 644 g/mol. The lowest BCUT2D eigenvalue weighted by Crippen LogP contribution is -2.55. The zero-order chi connectivity index (χ0) is 30.6. The molecule has 14 heteroatoms. The zero-order valence-electron chi connectivity index (χ0n) is 24.4. The van der Waals surface area contributed by atoms with Crippen molar-refractivity contribution in [3.8, 4) is 17.0 Å². The number of piperidine rings is 1. The van der Waals surface area contributed by atoms with Gasteiger partial charge in [-0.1, -0.05) is 31.7 Å². The number of benzene rings is 1. The summed E-state index contributed by atoms with van der Waals surface area (Å²) in [5.41, 5.74) is 2.95. The molecule has 3 fully saturated rings. The van der Waals surface area contributed by atoms with Gasteiger partial charge in [0, 0.05) is 56.3 Å². The maximum absolute atomic E-state index is 13.1. The van der Waals surface area contributed by atoms with Gasteiger partial charge in [-0.25, -0.2) is 18.2 Å². The minimum Gasteiger partial charge on any atom is -0.496 e. The first-order valence-electron chi connectivity index (χ1n) is 15.0. The molecular weight excluding hydrogens is 603 g/mol. The zero-order valence-corrected chi connectivity index (χ0v) is 26.1. The molecule has 238 valence electrons. The Balaban J connectivity index is 1.16. The fourth-order valence-electron chi connectivity index (χ4n) is 6.49. The van der Waals surface area contributed by atoms with E-state index in [1.807, 2.05) is 16.3 Å². The summed E-state index contributed by atoms with van der Waals surface area (Å²) in [6, 6.07) is 5.53. The van der Waals surface area contributed by atoms with E-state index in [0.717, 1.165) is 27.7 Å². The van der Waals surface area contributed by atoms with Crippen LogP contribution in [0.5, 0.6) is 5.75 Å². The molecule has 0 radical (unpaired) electrons. The van der Waals surface area contributed by atoms with E-state index in [1.54, 1.807) is 12.0 Å². The molecule has 5 rings (SSSR count). The number of urea groups is 1. The third-order valence-electron chi connectivity index (χ3n) is 8.70. The van der Waals surface area contributed by atoms with Gasteiger partial charge >= 0.3 is 12.2 Å². The van der Waals surface area contributed by atoms with E-state index in [9.17, 15) is 26.4 Å². The lowest BCUT2D eigenvalue weighted by molar-refractivity contribution is -0.107. The molecule has 1 N–H and O–H groups in total. The van der Waals surface area contributed by atoms with Crippen LogP contribution in [0.2, 0.25) is 0 Å². The molecule has 43 heavy (non-hydrogen) atoms. The lowest BCUT2D eigenvalue weighted by Gasteiger charge is -2.40. The minimum atomic E-state index is -4.77. The average Bonchev–Trinajstić information content (AvgIpc) is 3.45. The van der Waals surface area contributed by atoms with E-state index in [4.69, 9.17) is 4.74 Å². The second kappa shape index (κ2) is 13.7. The number of methoxy groups -OCH3 is 1. The third-order valence-corrected chi connectivity index (χ3v) is 11.3. The Morgan fingerprint density at radius 3 is 2.47 bits per heavy atom. The fourth-order valence-corrected chi connectivity index (χ4v) is 8.80. The van der Waals surface area contributed by atoms with E-state index in [2.05, 4.69) is 22.4 Å². The number of ether oxygens (including phenoxy) is 1. The highest BCUT2D eigenvalue weighted by Crippen LogP contribution is 2.39. The van der Waals surface area contributed by atoms with E-state index in [0.29, 0.717) is 56.6 Å². The number of sulfonamides is 1. The quantitative estimate of drug-likeness (QED) is 0.393. The molecule has 3 aliphatic rings. The molecule has 0 spiro atoms. The second-order valence-corrected chi connectivity index (χ2v) is 14.5. The monoisotopic (exact) mass is 643 g/mol. The predicted octanol–water partition coefficient (Wildman–Crippen LogP) is 5.76. The van der Waals surface area contributed by atoms with Gasteiger partial charge in [0.15, 0.2) is 10.9 Å². The molecule has 1 aromatic heterocycles. The topological polar surface area (TPSA) is 95.1 Å². The Labute approximate surface area is 255 Å². The first-order valence-corrected chi connectivity index (χ1v) is 17.5. The van der Waals surface area contributed by atoms with Crippen molar-refractivity contribution in [2.45, 2.75) is 69.5 Å². The number of anilines is 1. The highest BCUT2D eigenvalue weighted by Gasteiger charge is 2.42. The molecule has 1 unspecified atom stereocenters. The Kier molecular flexibility index (Phi) is 10.2. The number of nitrogens with one attached hydrogen (secondary N) is 1. The van der Waals surface area contributed by atoms with Crippen molar-refractivity contribution in [2.24, 2.45) is 0 Å². The number of piperazine rings is 1. The maximum atomic E-state index is 13.1. The molecule has 2 amide bonds. The van der Waals surface area contributed by atoms with Gasteiger partial charge in [-0.15, -0.1) is 11.3 Å². The number of hydrogen-bond acceptors (Lipinski definition) is 7. The van der Waals surface area contributed by atoms with E-state index < -0.39 is 28.0 Å². The number of hydrogen-bond donors (Lipinski definition) is 1. The van der Waals surface area contributed by atoms with Crippen molar-refractivity contribution in [3.05, 3.63) is 29.1 Å². The van der Waals surface area contributed by atoms with Crippen molar-refractivity contribution in [1.82, 2.24) is 19.1 Å². The molecule has 1 saturated carbocycles. The highest BCUT2D eigenvalue weighted by atomic mass is 32.2. The van der Waals surface area contributed by atoms with Crippen LogP contribution in [0, 0.1) is 0 Å². The van der Waals surface area contributed by atoms with Gasteiger partial charge in [-0.05, 0) is 49.3 Å². The van der Waals surface area contributed by atoms with Crippen LogP contribution in [-0.2, 0) is 10.0 Å². The van der Waals surface area contributed by atoms with E-state index in [1.165, 1.54) is 49.0 Å². The summed E-state index contributed by atoms with van der Waals surface area (Å²) in [7, 11) is -2.80. The molecule has 9 nitrogen and oxygen atoms in total. The summed E-state index contributed by atoms with van der Waals surface area (Å²) in [6.45, 7) is 2.31. The molecule has 1 atom stereocenters. The highest BCUT2D eigenvalue weighted by molar-refractivity contribution is 7.89. The van der Waals surface area contributed by atoms with Gasteiger partial charge in [0.2, 0.25) is 10.0 Å². The van der Waals surface area contributed by atoms with Crippen LogP contribution < -0.4 is 10.1 Å². The standard InChI is InChI=1S/C29H40F3N5O4S2/c1-41-26-11-10-22(21-7-3-2-4-8-21)17-24(26)25-19-42-27(33-25)34-28(38)36-15-13-35(14-16-36)18-23-9-5-6-12-37(23)43(39,40)20-29(30,31)32/h10-11,17,19,21,23H,2-9,12-16,18,20H2,1H3,(H,33,34,38). The smallest absolute Gasteiger partial charge is 0.404 e. The van der Waals surface area contributed by atoms with Crippen LogP contribution in [0.15, 0.2) is 23.6 Å². The molecule has 2 aromatic rings. The normalized spacial score (nSPS) is 21.6. The molecule has 2 saturated heterocycles. The Bertz CT molecular complexity index is 1360. The molecule has 1 aromatic carbocycles. The Hall–Kier alpha value is -2.42. The van der Waals surface area contributed by atoms with Crippen LogP contribution in [0.4, 0.5) is 23.1 Å². The summed E-state index contributed by atoms with van der Waals surface area (Å²) in [6.07, 6.45) is 3.24. The summed E-state index contributed by atoms with van der Waals surface area (Å²) in [5.74, 6) is -0.552. The van der Waals surface area contributed by atoms with Crippen molar-refractivity contribution in [2.75, 3.05) is 57.4 Å². The number of aromatic nitrogens is 1. The van der Waals surface area contributed by atoms with Gasteiger partial charge in [0.25, 0.3) is 0 Å². The van der Waals surface area contributed by atoms with Crippen molar-refractivity contribution >= 4 is 32.5 Å². The number of amides is 2. The van der Waals surface area contributed by atoms with Crippen LogP contribution in [0.1, 0.15) is 62.8 Å². The van der Waals surface area contributed by atoms with Crippen LogP contribution in [-0.4, -0.2) is 97.9 Å². The molecule has 0 bridgehead atoms. The number of thiazole rings is 1. The van der Waals surface area contributed by atoms with Gasteiger partial charge in [-0.2, -0.15) is 17.5 Å². The van der Waals surface area contributed by atoms with Gasteiger partial charge in [0.1, 0.15) is 5.75 Å². The predicted molar refractivity (Wildman–Crippen MR) is 161 cm³/mol. The fraction of sp³-hybridized carbons (Fsp3) is 0.655. The van der Waals surface area contributed by atoms with Gasteiger partial charge < -0.3 is 9.64 Å². The summed E-state index contributed by atoms with van der Waals surface area (Å²) < 4.78 is 70.4. The largest absolute Gasteiger partial charge is 0.496 e. The number of alkyl halides is 3. The Morgan fingerprint density at radius 2 is 1.77 bits per heavy atom.